The Morgan fingerprint density at radius 2 is 2.27 bits per heavy atom. The SMILES string of the molecule is Nc1cc(Cl)cc(C(=O)N2CCCO2)c1. The highest BCUT2D eigenvalue weighted by molar-refractivity contribution is 6.31. The Morgan fingerprint density at radius 3 is 2.87 bits per heavy atom. The molecule has 1 aromatic rings. The van der Waals surface area contributed by atoms with Crippen molar-refractivity contribution in [1.29, 1.82) is 0 Å². The van der Waals surface area contributed by atoms with E-state index in [1.54, 1.807) is 18.2 Å². The molecule has 15 heavy (non-hydrogen) atoms. The molecule has 0 aliphatic carbocycles. The molecule has 1 aliphatic heterocycles. The Balaban J connectivity index is 2.24. The van der Waals surface area contributed by atoms with Gasteiger partial charge in [-0.2, -0.15) is 0 Å². The van der Waals surface area contributed by atoms with Gasteiger partial charge in [0.15, 0.2) is 0 Å². The van der Waals surface area contributed by atoms with Gasteiger partial charge in [0.2, 0.25) is 0 Å². The van der Waals surface area contributed by atoms with E-state index in [1.165, 1.54) is 5.06 Å². The largest absolute Gasteiger partial charge is 0.399 e. The number of nitrogens with zero attached hydrogens (tertiary/aromatic N) is 1. The second-order valence-electron chi connectivity index (χ2n) is 3.37. The van der Waals surface area contributed by atoms with Crippen molar-refractivity contribution >= 4 is 23.2 Å². The predicted octanol–water partition coefficient (Wildman–Crippen LogP) is 1.70. The van der Waals surface area contributed by atoms with Gasteiger partial charge in [-0.25, -0.2) is 5.06 Å². The monoisotopic (exact) mass is 226 g/mol. The minimum atomic E-state index is -0.193. The number of amides is 1. The summed E-state index contributed by atoms with van der Waals surface area (Å²) < 4.78 is 0. The molecule has 80 valence electrons. The third kappa shape index (κ3) is 2.22. The van der Waals surface area contributed by atoms with Gasteiger partial charge >= 0.3 is 0 Å². The zero-order chi connectivity index (χ0) is 10.8. The number of nitrogen functional groups attached to an aromatic ring is 1. The maximum atomic E-state index is 11.8. The lowest BCUT2D eigenvalue weighted by Crippen LogP contribution is -2.26. The molecule has 1 aromatic carbocycles. The predicted molar refractivity (Wildman–Crippen MR) is 57.5 cm³/mol. The third-order valence-corrected chi connectivity index (χ3v) is 2.36. The van der Waals surface area contributed by atoms with Crippen LogP contribution in [0.5, 0.6) is 0 Å². The Morgan fingerprint density at radius 1 is 1.47 bits per heavy atom. The average Bonchev–Trinajstić information content (AvgIpc) is 2.67. The summed E-state index contributed by atoms with van der Waals surface area (Å²) in [6.45, 7) is 1.20. The summed E-state index contributed by atoms with van der Waals surface area (Å²) in [5, 5.41) is 1.79. The van der Waals surface area contributed by atoms with Gasteiger partial charge in [0.1, 0.15) is 0 Å². The number of hydrogen-bond donors (Lipinski definition) is 1. The summed E-state index contributed by atoms with van der Waals surface area (Å²) >= 11 is 5.81. The second kappa shape index (κ2) is 4.08. The van der Waals surface area contributed by atoms with E-state index < -0.39 is 0 Å². The van der Waals surface area contributed by atoms with E-state index in [-0.39, 0.29) is 5.91 Å². The molecule has 0 radical (unpaired) electrons. The van der Waals surface area contributed by atoms with Gasteiger partial charge < -0.3 is 5.73 Å². The van der Waals surface area contributed by atoms with Gasteiger partial charge in [-0.05, 0) is 24.6 Å². The number of carbonyl (C=O) groups is 1. The highest BCUT2D eigenvalue weighted by Gasteiger charge is 2.21. The molecule has 1 amide bonds. The Labute approximate surface area is 92.5 Å². The molecule has 0 bridgehead atoms. The molecule has 4 nitrogen and oxygen atoms in total. The lowest BCUT2D eigenvalue weighted by molar-refractivity contribution is -0.0768. The number of rotatable bonds is 1. The van der Waals surface area contributed by atoms with Crippen LogP contribution >= 0.6 is 11.6 Å². The summed E-state index contributed by atoms with van der Waals surface area (Å²) in [4.78, 5) is 17.0. The Bertz CT molecular complexity index is 369. The average molecular weight is 227 g/mol. The minimum Gasteiger partial charge on any atom is -0.399 e. The zero-order valence-electron chi connectivity index (χ0n) is 8.07. The van der Waals surface area contributed by atoms with Crippen molar-refractivity contribution in [3.8, 4) is 0 Å². The first-order valence-electron chi connectivity index (χ1n) is 4.67. The molecule has 1 fully saturated rings. The smallest absolute Gasteiger partial charge is 0.277 e. The first-order valence-corrected chi connectivity index (χ1v) is 5.05. The number of hydrogen-bond acceptors (Lipinski definition) is 3. The molecule has 5 heteroatoms. The lowest BCUT2D eigenvalue weighted by atomic mass is 10.2. The molecule has 0 spiro atoms. The fourth-order valence-electron chi connectivity index (χ4n) is 1.49. The number of benzene rings is 1. The highest BCUT2D eigenvalue weighted by Crippen LogP contribution is 2.19. The van der Waals surface area contributed by atoms with Gasteiger partial charge in [0, 0.05) is 16.3 Å². The van der Waals surface area contributed by atoms with Gasteiger partial charge in [0.25, 0.3) is 5.91 Å². The van der Waals surface area contributed by atoms with Gasteiger partial charge in [-0.15, -0.1) is 0 Å². The van der Waals surface area contributed by atoms with Crippen molar-refractivity contribution in [2.45, 2.75) is 6.42 Å². The van der Waals surface area contributed by atoms with Crippen LogP contribution in [0.25, 0.3) is 0 Å². The summed E-state index contributed by atoms with van der Waals surface area (Å²) in [5.41, 5.74) is 6.54. The van der Waals surface area contributed by atoms with Crippen LogP contribution in [0, 0.1) is 0 Å². The van der Waals surface area contributed by atoms with E-state index in [9.17, 15) is 4.79 Å². The minimum absolute atomic E-state index is 0.193. The van der Waals surface area contributed by atoms with Crippen LogP contribution in [0.4, 0.5) is 5.69 Å². The summed E-state index contributed by atoms with van der Waals surface area (Å²) in [7, 11) is 0. The van der Waals surface area contributed by atoms with Crippen LogP contribution in [-0.2, 0) is 4.84 Å². The van der Waals surface area contributed by atoms with E-state index in [0.29, 0.717) is 29.4 Å². The number of carbonyl (C=O) groups excluding carboxylic acids is 1. The first kappa shape index (κ1) is 10.3. The Kier molecular flexibility index (Phi) is 2.79. The molecule has 1 aliphatic rings. The summed E-state index contributed by atoms with van der Waals surface area (Å²) in [6, 6.07) is 4.78. The van der Waals surface area contributed by atoms with E-state index >= 15 is 0 Å². The lowest BCUT2D eigenvalue weighted by Gasteiger charge is -2.14. The van der Waals surface area contributed by atoms with E-state index in [0.717, 1.165) is 6.42 Å². The quantitative estimate of drug-likeness (QED) is 0.742. The molecule has 2 N–H and O–H groups in total. The van der Waals surface area contributed by atoms with Gasteiger partial charge in [0.05, 0.1) is 13.2 Å². The van der Waals surface area contributed by atoms with Crippen molar-refractivity contribution in [1.82, 2.24) is 5.06 Å². The van der Waals surface area contributed by atoms with Crippen LogP contribution in [-0.4, -0.2) is 24.1 Å². The Hall–Kier alpha value is -1.26. The van der Waals surface area contributed by atoms with E-state index in [1.807, 2.05) is 0 Å². The van der Waals surface area contributed by atoms with Crippen LogP contribution < -0.4 is 5.73 Å². The molecule has 0 aromatic heterocycles. The molecule has 0 atom stereocenters. The zero-order valence-corrected chi connectivity index (χ0v) is 8.83. The van der Waals surface area contributed by atoms with E-state index in [4.69, 9.17) is 22.2 Å². The fraction of sp³-hybridized carbons (Fsp3) is 0.300. The number of halogens is 1. The molecule has 1 heterocycles. The number of nitrogens with two attached hydrogens (primary N) is 1. The second-order valence-corrected chi connectivity index (χ2v) is 3.80. The van der Waals surface area contributed by atoms with Crippen molar-refractivity contribution < 1.29 is 9.63 Å². The first-order chi connectivity index (χ1) is 7.16. The highest BCUT2D eigenvalue weighted by atomic mass is 35.5. The topological polar surface area (TPSA) is 55.6 Å². The van der Waals surface area contributed by atoms with Crippen LogP contribution in [0.1, 0.15) is 16.8 Å². The van der Waals surface area contributed by atoms with Gasteiger partial charge in [-0.1, -0.05) is 11.6 Å². The molecule has 2 rings (SSSR count). The number of anilines is 1. The summed E-state index contributed by atoms with van der Waals surface area (Å²) in [6.07, 6.45) is 0.863. The number of hydroxylamine groups is 2. The van der Waals surface area contributed by atoms with Crippen LogP contribution in [0.15, 0.2) is 18.2 Å². The van der Waals surface area contributed by atoms with Gasteiger partial charge in [-0.3, -0.25) is 9.63 Å². The molecule has 0 saturated carbocycles. The van der Waals surface area contributed by atoms with E-state index in [2.05, 4.69) is 0 Å². The maximum absolute atomic E-state index is 11.8. The molecular weight excluding hydrogens is 216 g/mol. The van der Waals surface area contributed by atoms with Crippen LogP contribution in [0.2, 0.25) is 5.02 Å². The normalized spacial score (nSPS) is 15.7. The molecule has 1 saturated heterocycles. The molecular formula is C10H11ClN2O2. The van der Waals surface area contributed by atoms with Crippen molar-refractivity contribution in [2.75, 3.05) is 18.9 Å². The standard InChI is InChI=1S/C10H11ClN2O2/c11-8-4-7(5-9(12)6-8)10(14)13-2-1-3-15-13/h4-6H,1-3,12H2. The third-order valence-electron chi connectivity index (χ3n) is 2.15. The summed E-state index contributed by atoms with van der Waals surface area (Å²) in [5.74, 6) is -0.193. The fourth-order valence-corrected chi connectivity index (χ4v) is 1.73. The molecule has 0 unspecified atom stereocenters. The van der Waals surface area contributed by atoms with Crippen molar-refractivity contribution in [3.63, 3.8) is 0 Å². The maximum Gasteiger partial charge on any atom is 0.277 e. The van der Waals surface area contributed by atoms with Crippen molar-refractivity contribution in [2.24, 2.45) is 0 Å². The van der Waals surface area contributed by atoms with Crippen molar-refractivity contribution in [3.05, 3.63) is 28.8 Å². The van der Waals surface area contributed by atoms with Crippen LogP contribution in [0.3, 0.4) is 0 Å².